The number of nitro benzene ring substituents is 1. The highest BCUT2D eigenvalue weighted by Gasteiger charge is 2.12. The summed E-state index contributed by atoms with van der Waals surface area (Å²) in [5, 5.41) is 16.7. The first-order valence-electron chi connectivity index (χ1n) is 4.82. The Morgan fingerprint density at radius 2 is 1.83 bits per heavy atom. The van der Waals surface area contributed by atoms with E-state index < -0.39 is 4.92 Å². The Labute approximate surface area is 114 Å². The summed E-state index contributed by atoms with van der Waals surface area (Å²) < 4.78 is 0. The monoisotopic (exact) mass is 285 g/mol. The van der Waals surface area contributed by atoms with Gasteiger partial charge >= 0.3 is 0 Å². The number of anilines is 1. The van der Waals surface area contributed by atoms with Gasteiger partial charge in [0.05, 0.1) is 4.92 Å². The van der Waals surface area contributed by atoms with Gasteiger partial charge in [0.1, 0.15) is 5.69 Å². The van der Waals surface area contributed by atoms with Crippen LogP contribution in [0.5, 0.6) is 0 Å². The number of hydrazine groups is 1. The zero-order valence-corrected chi connectivity index (χ0v) is 11.0. The van der Waals surface area contributed by atoms with Crippen LogP contribution in [0.4, 0.5) is 11.4 Å². The van der Waals surface area contributed by atoms with Crippen LogP contribution < -0.4 is 21.5 Å². The van der Waals surface area contributed by atoms with Crippen LogP contribution in [0.1, 0.15) is 0 Å². The topological polar surface area (TPSA) is 91.3 Å². The smallest absolute Gasteiger partial charge is 0.292 e. The van der Waals surface area contributed by atoms with E-state index in [0.29, 0.717) is 10.8 Å². The average molecular weight is 285 g/mol. The van der Waals surface area contributed by atoms with Crippen molar-refractivity contribution in [3.05, 3.63) is 34.4 Å². The van der Waals surface area contributed by atoms with E-state index in [1.165, 1.54) is 6.07 Å². The maximum Gasteiger partial charge on any atom is 0.292 e. The number of rotatable bonds is 2. The molecule has 0 aliphatic heterocycles. The lowest BCUT2D eigenvalue weighted by atomic mass is 10.3. The number of nitro groups is 1. The standard InChI is InChI=1S/C9H11N5O2S2/c1-10-8(17)12-13-9(18)11-6-4-2-3-5-7(6)14(15)16/h2-5H,1H3,(H2,10,12,17)(H2,11,13,18). The molecule has 1 aromatic carbocycles. The molecule has 1 rings (SSSR count). The highest BCUT2D eigenvalue weighted by Crippen LogP contribution is 2.22. The second-order valence-electron chi connectivity index (χ2n) is 3.06. The van der Waals surface area contributed by atoms with Crippen molar-refractivity contribution in [2.24, 2.45) is 0 Å². The van der Waals surface area contributed by atoms with Gasteiger partial charge in [-0.3, -0.25) is 21.0 Å². The molecule has 0 aromatic heterocycles. The van der Waals surface area contributed by atoms with Crippen LogP contribution in [0.2, 0.25) is 0 Å². The van der Waals surface area contributed by atoms with E-state index in [4.69, 9.17) is 24.4 Å². The zero-order valence-electron chi connectivity index (χ0n) is 9.39. The summed E-state index contributed by atoms with van der Waals surface area (Å²) in [5.41, 5.74) is 5.44. The molecular formula is C9H11N5O2S2. The van der Waals surface area contributed by atoms with Crippen LogP contribution in [-0.4, -0.2) is 22.2 Å². The molecule has 0 heterocycles. The van der Waals surface area contributed by atoms with Gasteiger partial charge in [-0.05, 0) is 30.5 Å². The number of benzene rings is 1. The molecule has 0 aliphatic carbocycles. The molecule has 1 aromatic rings. The third-order valence-electron chi connectivity index (χ3n) is 1.87. The molecular weight excluding hydrogens is 274 g/mol. The molecule has 0 spiro atoms. The van der Waals surface area contributed by atoms with Crippen molar-refractivity contribution < 1.29 is 4.92 Å². The minimum absolute atomic E-state index is 0.0576. The number of para-hydroxylation sites is 2. The fraction of sp³-hybridized carbons (Fsp3) is 0.111. The Morgan fingerprint density at radius 3 is 2.44 bits per heavy atom. The Hall–Kier alpha value is -2.00. The summed E-state index contributed by atoms with van der Waals surface area (Å²) >= 11 is 9.78. The van der Waals surface area contributed by atoms with Crippen molar-refractivity contribution in [1.82, 2.24) is 16.2 Å². The molecule has 0 amide bonds. The molecule has 0 fully saturated rings. The van der Waals surface area contributed by atoms with E-state index in [9.17, 15) is 10.1 Å². The summed E-state index contributed by atoms with van der Waals surface area (Å²) in [6.07, 6.45) is 0. The molecule has 0 saturated heterocycles. The number of nitrogens with zero attached hydrogens (tertiary/aromatic N) is 1. The van der Waals surface area contributed by atoms with Crippen molar-refractivity contribution >= 4 is 46.0 Å². The summed E-state index contributed by atoms with van der Waals surface area (Å²) in [6.45, 7) is 0. The molecule has 0 saturated carbocycles. The van der Waals surface area contributed by atoms with Crippen LogP contribution in [0, 0.1) is 10.1 Å². The zero-order chi connectivity index (χ0) is 13.5. The van der Waals surface area contributed by atoms with Gasteiger partial charge in [-0.2, -0.15) is 0 Å². The maximum absolute atomic E-state index is 10.8. The first-order chi connectivity index (χ1) is 8.54. The molecule has 0 aliphatic rings. The summed E-state index contributed by atoms with van der Waals surface area (Å²) in [5.74, 6) is 0. The van der Waals surface area contributed by atoms with Gasteiger partial charge in [-0.25, -0.2) is 0 Å². The molecule has 9 heteroatoms. The molecule has 0 atom stereocenters. The van der Waals surface area contributed by atoms with Gasteiger partial charge in [0.25, 0.3) is 5.69 Å². The van der Waals surface area contributed by atoms with Crippen LogP contribution in [0.3, 0.4) is 0 Å². The second kappa shape index (κ2) is 6.67. The number of hydrogen-bond donors (Lipinski definition) is 4. The Kier molecular flexibility index (Phi) is 5.21. The first-order valence-corrected chi connectivity index (χ1v) is 5.64. The van der Waals surface area contributed by atoms with Crippen molar-refractivity contribution in [3.8, 4) is 0 Å². The number of hydrogen-bond acceptors (Lipinski definition) is 4. The van der Waals surface area contributed by atoms with Gasteiger partial charge in [0, 0.05) is 13.1 Å². The minimum Gasteiger partial charge on any atom is -0.364 e. The van der Waals surface area contributed by atoms with Crippen LogP contribution in [0.15, 0.2) is 24.3 Å². The van der Waals surface area contributed by atoms with Gasteiger partial charge in [0.2, 0.25) is 0 Å². The minimum atomic E-state index is -0.489. The molecule has 4 N–H and O–H groups in total. The highest BCUT2D eigenvalue weighted by molar-refractivity contribution is 7.80. The fourth-order valence-electron chi connectivity index (χ4n) is 1.07. The number of nitrogens with one attached hydrogen (secondary N) is 4. The lowest BCUT2D eigenvalue weighted by Gasteiger charge is -2.12. The predicted molar refractivity (Wildman–Crippen MR) is 77.2 cm³/mol. The largest absolute Gasteiger partial charge is 0.364 e. The molecule has 0 radical (unpaired) electrons. The van der Waals surface area contributed by atoms with E-state index in [1.807, 2.05) is 0 Å². The first kappa shape index (κ1) is 14.1. The van der Waals surface area contributed by atoms with Gasteiger partial charge in [0.15, 0.2) is 10.2 Å². The third-order valence-corrected chi connectivity index (χ3v) is 2.38. The Balaban J connectivity index is 2.65. The summed E-state index contributed by atoms with van der Waals surface area (Å²) in [4.78, 5) is 10.3. The van der Waals surface area contributed by atoms with Gasteiger partial charge in [-0.15, -0.1) is 0 Å². The van der Waals surface area contributed by atoms with E-state index >= 15 is 0 Å². The molecule has 0 unspecified atom stereocenters. The SMILES string of the molecule is CNC(=S)NNC(=S)Nc1ccccc1[N+](=O)[O-]. The summed E-state index contributed by atoms with van der Waals surface area (Å²) in [6, 6.07) is 6.19. The van der Waals surface area contributed by atoms with Crippen molar-refractivity contribution in [1.29, 1.82) is 0 Å². The average Bonchev–Trinajstić information content (AvgIpc) is 2.36. The quantitative estimate of drug-likeness (QED) is 0.362. The Bertz CT molecular complexity index is 480. The van der Waals surface area contributed by atoms with Crippen molar-refractivity contribution in [2.75, 3.05) is 12.4 Å². The maximum atomic E-state index is 10.8. The molecule has 7 nitrogen and oxygen atoms in total. The second-order valence-corrected chi connectivity index (χ2v) is 3.87. The van der Waals surface area contributed by atoms with E-state index in [2.05, 4.69) is 21.5 Å². The predicted octanol–water partition coefficient (Wildman–Crippen LogP) is 0.890. The van der Waals surface area contributed by atoms with Crippen LogP contribution in [0.25, 0.3) is 0 Å². The lowest BCUT2D eigenvalue weighted by molar-refractivity contribution is -0.383. The van der Waals surface area contributed by atoms with E-state index in [0.717, 1.165) is 0 Å². The molecule has 18 heavy (non-hydrogen) atoms. The van der Waals surface area contributed by atoms with Crippen molar-refractivity contribution in [2.45, 2.75) is 0 Å². The van der Waals surface area contributed by atoms with Gasteiger partial charge < -0.3 is 10.6 Å². The normalized spacial score (nSPS) is 9.17. The third kappa shape index (κ3) is 4.11. The van der Waals surface area contributed by atoms with E-state index in [-0.39, 0.29) is 10.8 Å². The van der Waals surface area contributed by atoms with Crippen LogP contribution >= 0.6 is 24.4 Å². The Morgan fingerprint density at radius 1 is 1.22 bits per heavy atom. The highest BCUT2D eigenvalue weighted by atomic mass is 32.1. The molecule has 0 bridgehead atoms. The van der Waals surface area contributed by atoms with Crippen molar-refractivity contribution in [3.63, 3.8) is 0 Å². The summed E-state index contributed by atoms with van der Waals surface area (Å²) in [7, 11) is 1.65. The fourth-order valence-corrected chi connectivity index (χ4v) is 1.28. The van der Waals surface area contributed by atoms with E-state index in [1.54, 1.807) is 25.2 Å². The lowest BCUT2D eigenvalue weighted by Crippen LogP contribution is -2.47. The number of thiocarbonyl (C=S) groups is 2. The molecule has 96 valence electrons. The van der Waals surface area contributed by atoms with Gasteiger partial charge in [-0.1, -0.05) is 12.1 Å². The van der Waals surface area contributed by atoms with Crippen LogP contribution in [-0.2, 0) is 0 Å².